The number of aromatic nitrogens is 1. The van der Waals surface area contributed by atoms with E-state index in [1.807, 2.05) is 54.6 Å². The molecule has 0 saturated heterocycles. The first-order chi connectivity index (χ1) is 17.5. The molecule has 1 aromatic heterocycles. The number of rotatable bonds is 5. The van der Waals surface area contributed by atoms with Gasteiger partial charge < -0.3 is 4.74 Å². The van der Waals surface area contributed by atoms with E-state index in [9.17, 15) is 9.59 Å². The van der Waals surface area contributed by atoms with Gasteiger partial charge in [0.2, 0.25) is 0 Å². The van der Waals surface area contributed by atoms with Crippen LogP contribution in [0, 0.1) is 0 Å². The molecule has 180 valence electrons. The van der Waals surface area contributed by atoms with Crippen LogP contribution in [0.2, 0.25) is 10.0 Å². The van der Waals surface area contributed by atoms with Gasteiger partial charge in [0.15, 0.2) is 4.80 Å². The quantitative estimate of drug-likeness (QED) is 0.329. The lowest BCUT2D eigenvalue weighted by atomic mass is 9.93. The highest BCUT2D eigenvalue weighted by molar-refractivity contribution is 7.07. The third kappa shape index (κ3) is 4.67. The predicted octanol–water partition coefficient (Wildman–Crippen LogP) is 5.24. The smallest absolute Gasteiger partial charge is 0.338 e. The molecule has 36 heavy (non-hydrogen) atoms. The molecule has 0 aliphatic carbocycles. The van der Waals surface area contributed by atoms with E-state index in [1.165, 1.54) is 11.3 Å². The molecule has 0 unspecified atom stereocenters. The van der Waals surface area contributed by atoms with Crippen molar-refractivity contribution in [3.63, 3.8) is 0 Å². The average molecular weight is 535 g/mol. The topological polar surface area (TPSA) is 60.7 Å². The highest BCUT2D eigenvalue weighted by atomic mass is 35.5. The Morgan fingerprint density at radius 3 is 2.28 bits per heavy atom. The largest absolute Gasteiger partial charge is 0.463 e. The minimum absolute atomic E-state index is 0.193. The lowest BCUT2D eigenvalue weighted by molar-refractivity contribution is -0.138. The van der Waals surface area contributed by atoms with E-state index in [1.54, 1.807) is 41.8 Å². The van der Waals surface area contributed by atoms with Crippen molar-refractivity contribution in [1.82, 2.24) is 4.57 Å². The molecule has 0 bridgehead atoms. The molecular formula is C28H20Cl2N2O3S. The van der Waals surface area contributed by atoms with Crippen LogP contribution in [0.15, 0.2) is 94.2 Å². The van der Waals surface area contributed by atoms with Gasteiger partial charge in [0.25, 0.3) is 5.56 Å². The zero-order valence-corrected chi connectivity index (χ0v) is 21.5. The fourth-order valence-electron chi connectivity index (χ4n) is 4.11. The number of esters is 1. The summed E-state index contributed by atoms with van der Waals surface area (Å²) in [6.45, 7) is 1.94. The van der Waals surface area contributed by atoms with Gasteiger partial charge in [-0.05, 0) is 48.4 Å². The van der Waals surface area contributed by atoms with Crippen LogP contribution in [0.25, 0.3) is 11.8 Å². The Kier molecular flexibility index (Phi) is 6.92. The molecule has 0 saturated carbocycles. The molecule has 0 fully saturated rings. The first kappa shape index (κ1) is 24.3. The van der Waals surface area contributed by atoms with Crippen LogP contribution in [0.1, 0.15) is 29.7 Å². The van der Waals surface area contributed by atoms with Gasteiger partial charge in [0.05, 0.1) is 28.5 Å². The SMILES string of the molecule is CCOC(=O)C1=C(c2ccccc2)N=c2s/c(=C\c3ccc(Cl)cc3)c(=O)n2[C@H]1c1ccc(Cl)cc1. The normalized spacial score (nSPS) is 15.4. The zero-order chi connectivity index (χ0) is 25.2. The van der Waals surface area contributed by atoms with Crippen molar-refractivity contribution in [2.45, 2.75) is 13.0 Å². The van der Waals surface area contributed by atoms with E-state index in [0.717, 1.165) is 16.7 Å². The molecule has 5 rings (SSSR count). The number of nitrogens with zero attached hydrogens (tertiary/aromatic N) is 2. The standard InChI is InChI=1S/C28H20Cl2N2O3S/c1-2-35-27(34)23-24(18-6-4-3-5-7-18)31-28-32(25(23)19-10-14-21(30)15-11-19)26(33)22(36-28)16-17-8-12-20(29)13-9-17/h3-16,25H,2H2,1H3/b22-16-/t25-/m0/s1. The van der Waals surface area contributed by atoms with E-state index < -0.39 is 12.0 Å². The van der Waals surface area contributed by atoms with E-state index in [2.05, 4.69) is 0 Å². The molecular weight excluding hydrogens is 515 g/mol. The number of hydrogen-bond donors (Lipinski definition) is 0. The van der Waals surface area contributed by atoms with E-state index in [-0.39, 0.29) is 12.2 Å². The highest BCUT2D eigenvalue weighted by Crippen LogP contribution is 2.35. The first-order valence-corrected chi connectivity index (χ1v) is 12.8. The molecule has 8 heteroatoms. The van der Waals surface area contributed by atoms with E-state index in [0.29, 0.717) is 30.6 Å². The van der Waals surface area contributed by atoms with Gasteiger partial charge >= 0.3 is 5.97 Å². The summed E-state index contributed by atoms with van der Waals surface area (Å²) < 4.78 is 7.52. The van der Waals surface area contributed by atoms with Crippen LogP contribution >= 0.6 is 34.5 Å². The Hall–Kier alpha value is -3.45. The van der Waals surface area contributed by atoms with Gasteiger partial charge in [-0.2, -0.15) is 0 Å². The monoisotopic (exact) mass is 534 g/mol. The molecule has 0 radical (unpaired) electrons. The number of halogens is 2. The molecule has 2 heterocycles. The Morgan fingerprint density at radius 1 is 1.00 bits per heavy atom. The Balaban J connectivity index is 1.82. The number of carbonyl (C=O) groups excluding carboxylic acids is 1. The average Bonchev–Trinajstić information content (AvgIpc) is 3.20. The summed E-state index contributed by atoms with van der Waals surface area (Å²) in [5.74, 6) is -0.521. The number of hydrogen-bond acceptors (Lipinski definition) is 5. The number of ether oxygens (including phenoxy) is 1. The Bertz CT molecular complexity index is 1640. The number of carbonyl (C=O) groups is 1. The third-order valence-corrected chi connectivity index (χ3v) is 7.21. The fraction of sp³-hybridized carbons (Fsp3) is 0.107. The molecule has 5 nitrogen and oxygen atoms in total. The molecule has 0 spiro atoms. The first-order valence-electron chi connectivity index (χ1n) is 11.3. The maximum Gasteiger partial charge on any atom is 0.338 e. The number of benzene rings is 3. The summed E-state index contributed by atoms with van der Waals surface area (Å²) >= 11 is 13.5. The third-order valence-electron chi connectivity index (χ3n) is 5.73. The summed E-state index contributed by atoms with van der Waals surface area (Å²) in [6.07, 6.45) is 1.80. The van der Waals surface area contributed by atoms with Gasteiger partial charge in [-0.3, -0.25) is 9.36 Å². The van der Waals surface area contributed by atoms with Crippen molar-refractivity contribution < 1.29 is 9.53 Å². The molecule has 1 atom stereocenters. The second kappa shape index (κ2) is 10.3. The second-order valence-corrected chi connectivity index (χ2v) is 9.92. The van der Waals surface area contributed by atoms with Crippen molar-refractivity contribution in [3.8, 4) is 0 Å². The maximum absolute atomic E-state index is 13.8. The second-order valence-electron chi connectivity index (χ2n) is 8.03. The zero-order valence-electron chi connectivity index (χ0n) is 19.2. The van der Waals surface area contributed by atoms with E-state index in [4.69, 9.17) is 32.9 Å². The summed E-state index contributed by atoms with van der Waals surface area (Å²) in [5, 5.41) is 1.17. The van der Waals surface area contributed by atoms with Crippen LogP contribution in [0.5, 0.6) is 0 Å². The van der Waals surface area contributed by atoms with Crippen LogP contribution in [0.3, 0.4) is 0 Å². The molecule has 1 aliphatic heterocycles. The minimum atomic E-state index is -0.736. The van der Waals surface area contributed by atoms with Gasteiger partial charge in [-0.1, -0.05) is 89.1 Å². The summed E-state index contributed by atoms with van der Waals surface area (Å²) in [5.41, 5.74) is 2.85. The van der Waals surface area contributed by atoms with Crippen molar-refractivity contribution in [2.75, 3.05) is 6.61 Å². The minimum Gasteiger partial charge on any atom is -0.463 e. The van der Waals surface area contributed by atoms with Gasteiger partial charge in [0, 0.05) is 15.6 Å². The Morgan fingerprint density at radius 2 is 1.64 bits per heavy atom. The summed E-state index contributed by atoms with van der Waals surface area (Å²) in [4.78, 5) is 32.5. The summed E-state index contributed by atoms with van der Waals surface area (Å²) in [7, 11) is 0. The van der Waals surface area contributed by atoms with Crippen LogP contribution in [0.4, 0.5) is 0 Å². The summed E-state index contributed by atoms with van der Waals surface area (Å²) in [6, 6.07) is 23.0. The van der Waals surface area contributed by atoms with Crippen LogP contribution < -0.4 is 14.9 Å². The van der Waals surface area contributed by atoms with Gasteiger partial charge in [-0.15, -0.1) is 0 Å². The number of thiazole rings is 1. The highest BCUT2D eigenvalue weighted by Gasteiger charge is 2.35. The molecule has 4 aromatic rings. The van der Waals surface area contributed by atoms with Gasteiger partial charge in [0.1, 0.15) is 0 Å². The molecule has 0 N–H and O–H groups in total. The Labute approximate surface area is 221 Å². The van der Waals surface area contributed by atoms with Gasteiger partial charge in [-0.25, -0.2) is 9.79 Å². The lowest BCUT2D eigenvalue weighted by Gasteiger charge is -2.25. The van der Waals surface area contributed by atoms with Crippen molar-refractivity contribution in [1.29, 1.82) is 0 Å². The van der Waals surface area contributed by atoms with Crippen LogP contribution in [-0.4, -0.2) is 17.1 Å². The molecule has 1 aliphatic rings. The molecule has 0 amide bonds. The maximum atomic E-state index is 13.8. The number of fused-ring (bicyclic) bond motifs is 1. The fourth-order valence-corrected chi connectivity index (χ4v) is 5.36. The van der Waals surface area contributed by atoms with Crippen molar-refractivity contribution in [3.05, 3.63) is 131 Å². The van der Waals surface area contributed by atoms with Crippen molar-refractivity contribution in [2.24, 2.45) is 4.99 Å². The van der Waals surface area contributed by atoms with E-state index >= 15 is 0 Å². The lowest BCUT2D eigenvalue weighted by Crippen LogP contribution is -2.40. The van der Waals surface area contributed by atoms with Crippen molar-refractivity contribution >= 4 is 52.3 Å². The predicted molar refractivity (Wildman–Crippen MR) is 144 cm³/mol. The molecule has 3 aromatic carbocycles. The van der Waals surface area contributed by atoms with Crippen LogP contribution in [-0.2, 0) is 9.53 Å².